The van der Waals surface area contributed by atoms with Crippen molar-refractivity contribution in [1.82, 2.24) is 4.90 Å². The molecule has 0 aliphatic heterocycles. The van der Waals surface area contributed by atoms with Crippen molar-refractivity contribution in [2.24, 2.45) is 5.92 Å². The number of nitrogens with zero attached hydrogens (tertiary/aromatic N) is 1. The minimum absolute atomic E-state index is 0.00590. The molecule has 0 heterocycles. The fourth-order valence-electron chi connectivity index (χ4n) is 1.57. The molecule has 1 aliphatic rings. The van der Waals surface area contributed by atoms with Gasteiger partial charge >= 0.3 is 5.97 Å². The molecule has 1 amide bonds. The molecule has 0 saturated heterocycles. The topological polar surface area (TPSA) is 66.8 Å². The summed E-state index contributed by atoms with van der Waals surface area (Å²) in [7, 11) is 0. The molecule has 1 rings (SSSR count). The molecule has 0 aromatic carbocycles. The number of carbonyl (C=O) groups excluding carboxylic acids is 1. The van der Waals surface area contributed by atoms with Gasteiger partial charge in [-0.3, -0.25) is 9.59 Å². The number of amides is 1. The van der Waals surface area contributed by atoms with Gasteiger partial charge in [0.2, 0.25) is 5.91 Å². The van der Waals surface area contributed by atoms with Crippen LogP contribution in [0.25, 0.3) is 0 Å². The van der Waals surface area contributed by atoms with Gasteiger partial charge in [0.15, 0.2) is 0 Å². The number of carboxylic acid groups (broad SMARTS) is 1. The highest BCUT2D eigenvalue weighted by Crippen LogP contribution is 2.28. The van der Waals surface area contributed by atoms with Crippen LogP contribution in [0.3, 0.4) is 0 Å². The van der Waals surface area contributed by atoms with Crippen LogP contribution in [0.4, 0.5) is 0 Å². The Kier molecular flexibility index (Phi) is 5.41. The first-order valence-electron chi connectivity index (χ1n) is 6.09. The Labute approximate surface area is 102 Å². The molecule has 0 spiro atoms. The van der Waals surface area contributed by atoms with Crippen molar-refractivity contribution < 1.29 is 19.4 Å². The molecule has 0 aromatic heterocycles. The van der Waals surface area contributed by atoms with Crippen molar-refractivity contribution in [2.75, 3.05) is 19.8 Å². The maximum Gasteiger partial charge on any atom is 0.305 e. The number of hydrogen-bond donors (Lipinski definition) is 1. The van der Waals surface area contributed by atoms with Gasteiger partial charge in [-0.2, -0.15) is 0 Å². The van der Waals surface area contributed by atoms with Crippen LogP contribution in [0.2, 0.25) is 0 Å². The Morgan fingerprint density at radius 2 is 2.06 bits per heavy atom. The predicted molar refractivity (Wildman–Crippen MR) is 62.6 cm³/mol. The number of ether oxygens (including phenoxy) is 1. The van der Waals surface area contributed by atoms with E-state index in [0.717, 1.165) is 0 Å². The fraction of sp³-hybridized carbons (Fsp3) is 0.833. The second kappa shape index (κ2) is 6.59. The second-order valence-electron chi connectivity index (χ2n) is 4.78. The summed E-state index contributed by atoms with van der Waals surface area (Å²) in [4.78, 5) is 23.9. The number of rotatable bonds is 8. The monoisotopic (exact) mass is 243 g/mol. The Morgan fingerprint density at radius 1 is 1.41 bits per heavy atom. The Balaban J connectivity index is 2.27. The molecule has 1 N–H and O–H groups in total. The minimum atomic E-state index is -0.887. The van der Waals surface area contributed by atoms with E-state index in [1.54, 1.807) is 4.90 Å². The molecule has 98 valence electrons. The Morgan fingerprint density at radius 3 is 2.53 bits per heavy atom. The maximum absolute atomic E-state index is 11.8. The van der Waals surface area contributed by atoms with E-state index in [2.05, 4.69) is 0 Å². The van der Waals surface area contributed by atoms with Crippen LogP contribution >= 0.6 is 0 Å². The lowest BCUT2D eigenvalue weighted by atomic mass is 10.3. The molecule has 1 fully saturated rings. The van der Waals surface area contributed by atoms with Gasteiger partial charge in [0.1, 0.15) is 6.61 Å². The normalized spacial score (nSPS) is 15.0. The van der Waals surface area contributed by atoms with Gasteiger partial charge in [-0.25, -0.2) is 0 Å². The van der Waals surface area contributed by atoms with Crippen LogP contribution in [0.15, 0.2) is 0 Å². The molecular formula is C12H21NO4. The zero-order chi connectivity index (χ0) is 12.8. The van der Waals surface area contributed by atoms with Gasteiger partial charge in [-0.05, 0) is 32.6 Å². The molecule has 0 atom stereocenters. The predicted octanol–water partition coefficient (Wildman–Crippen LogP) is 1.12. The van der Waals surface area contributed by atoms with E-state index < -0.39 is 5.97 Å². The number of carbonyl (C=O) groups is 2. The average molecular weight is 243 g/mol. The van der Waals surface area contributed by atoms with Crippen LogP contribution < -0.4 is 0 Å². The lowest BCUT2D eigenvalue weighted by Crippen LogP contribution is -2.40. The molecule has 5 heteroatoms. The molecule has 0 unspecified atom stereocenters. The quantitative estimate of drug-likeness (QED) is 0.694. The summed E-state index contributed by atoms with van der Waals surface area (Å²) in [6.45, 7) is 4.71. The summed E-state index contributed by atoms with van der Waals surface area (Å²) in [5, 5.41) is 8.61. The Bertz CT molecular complexity index is 274. The summed E-state index contributed by atoms with van der Waals surface area (Å²) in [5.41, 5.74) is 0. The van der Waals surface area contributed by atoms with Crippen LogP contribution in [-0.2, 0) is 14.3 Å². The highest BCUT2D eigenvalue weighted by atomic mass is 16.5. The van der Waals surface area contributed by atoms with Gasteiger partial charge in [0.05, 0.1) is 13.0 Å². The number of aliphatic carboxylic acids is 1. The molecule has 0 bridgehead atoms. The standard InChI is InChI=1S/C12H21NO4/c1-9(2)13(6-5-12(15)16)11(14)8-17-7-10-3-4-10/h9-10H,3-8H2,1-2H3,(H,15,16). The summed E-state index contributed by atoms with van der Waals surface area (Å²) in [5.74, 6) is -0.376. The molecule has 0 aromatic rings. The lowest BCUT2D eigenvalue weighted by Gasteiger charge is -2.26. The van der Waals surface area contributed by atoms with Gasteiger partial charge in [0, 0.05) is 12.6 Å². The lowest BCUT2D eigenvalue weighted by molar-refractivity contribution is -0.141. The third-order valence-electron chi connectivity index (χ3n) is 2.79. The number of hydrogen-bond acceptors (Lipinski definition) is 3. The van der Waals surface area contributed by atoms with Crippen LogP contribution in [-0.4, -0.2) is 47.7 Å². The van der Waals surface area contributed by atoms with Crippen molar-refractivity contribution in [2.45, 2.75) is 39.2 Å². The van der Waals surface area contributed by atoms with E-state index in [1.807, 2.05) is 13.8 Å². The summed E-state index contributed by atoms with van der Waals surface area (Å²) in [6.07, 6.45) is 2.37. The SMILES string of the molecule is CC(C)N(CCC(=O)O)C(=O)COCC1CC1. The van der Waals surface area contributed by atoms with Crippen LogP contribution in [0, 0.1) is 5.92 Å². The summed E-state index contributed by atoms with van der Waals surface area (Å²) in [6, 6.07) is 0.00590. The van der Waals surface area contributed by atoms with E-state index in [0.29, 0.717) is 12.5 Å². The van der Waals surface area contributed by atoms with Crippen LogP contribution in [0.5, 0.6) is 0 Å². The summed E-state index contributed by atoms with van der Waals surface area (Å²) < 4.78 is 5.32. The van der Waals surface area contributed by atoms with E-state index in [1.165, 1.54) is 12.8 Å². The van der Waals surface area contributed by atoms with Gasteiger partial charge in [0.25, 0.3) is 0 Å². The van der Waals surface area contributed by atoms with Crippen molar-refractivity contribution in [3.8, 4) is 0 Å². The molecular weight excluding hydrogens is 222 g/mol. The number of carboxylic acids is 1. The first-order valence-corrected chi connectivity index (χ1v) is 6.09. The smallest absolute Gasteiger partial charge is 0.305 e. The zero-order valence-corrected chi connectivity index (χ0v) is 10.5. The molecule has 1 aliphatic carbocycles. The highest BCUT2D eigenvalue weighted by molar-refractivity contribution is 5.78. The molecule has 1 saturated carbocycles. The van der Waals surface area contributed by atoms with Crippen molar-refractivity contribution in [3.63, 3.8) is 0 Å². The average Bonchev–Trinajstić information content (AvgIpc) is 3.00. The minimum Gasteiger partial charge on any atom is -0.481 e. The fourth-order valence-corrected chi connectivity index (χ4v) is 1.57. The second-order valence-corrected chi connectivity index (χ2v) is 4.78. The van der Waals surface area contributed by atoms with Crippen molar-refractivity contribution in [3.05, 3.63) is 0 Å². The van der Waals surface area contributed by atoms with Crippen molar-refractivity contribution in [1.29, 1.82) is 0 Å². The van der Waals surface area contributed by atoms with E-state index in [-0.39, 0.29) is 31.5 Å². The molecule has 0 radical (unpaired) electrons. The van der Waals surface area contributed by atoms with Crippen LogP contribution in [0.1, 0.15) is 33.1 Å². The van der Waals surface area contributed by atoms with Gasteiger partial charge in [-0.15, -0.1) is 0 Å². The summed E-state index contributed by atoms with van der Waals surface area (Å²) >= 11 is 0. The Hall–Kier alpha value is -1.10. The van der Waals surface area contributed by atoms with E-state index in [9.17, 15) is 9.59 Å². The van der Waals surface area contributed by atoms with E-state index in [4.69, 9.17) is 9.84 Å². The molecule has 17 heavy (non-hydrogen) atoms. The highest BCUT2D eigenvalue weighted by Gasteiger charge is 2.23. The van der Waals surface area contributed by atoms with Crippen molar-refractivity contribution >= 4 is 11.9 Å². The zero-order valence-electron chi connectivity index (χ0n) is 10.5. The third kappa shape index (κ3) is 5.68. The largest absolute Gasteiger partial charge is 0.481 e. The maximum atomic E-state index is 11.8. The van der Waals surface area contributed by atoms with Gasteiger partial charge in [-0.1, -0.05) is 0 Å². The first-order chi connectivity index (χ1) is 8.00. The van der Waals surface area contributed by atoms with Gasteiger partial charge < -0.3 is 14.7 Å². The molecule has 5 nitrogen and oxygen atoms in total. The van der Waals surface area contributed by atoms with E-state index >= 15 is 0 Å². The third-order valence-corrected chi connectivity index (χ3v) is 2.79. The first kappa shape index (κ1) is 14.0.